The van der Waals surface area contributed by atoms with Gasteiger partial charge in [-0.3, -0.25) is 9.69 Å². The van der Waals surface area contributed by atoms with Crippen molar-refractivity contribution in [1.82, 2.24) is 19.4 Å². The highest BCUT2D eigenvalue weighted by Crippen LogP contribution is 2.39. The van der Waals surface area contributed by atoms with Gasteiger partial charge in [0.2, 0.25) is 0 Å². The monoisotopic (exact) mass is 536 g/mol. The Balaban J connectivity index is 1.15. The molecular weight excluding hydrogens is 498 g/mol. The number of piperidine rings is 1. The van der Waals surface area contributed by atoms with Crippen molar-refractivity contribution >= 4 is 17.0 Å². The van der Waals surface area contributed by atoms with Gasteiger partial charge in [-0.25, -0.2) is 13.8 Å². The van der Waals surface area contributed by atoms with Gasteiger partial charge in [0.1, 0.15) is 6.04 Å². The number of rotatable bonds is 7. The van der Waals surface area contributed by atoms with Crippen molar-refractivity contribution in [2.45, 2.75) is 62.9 Å². The number of nitrogens with zero attached hydrogens (tertiary/aromatic N) is 4. The molecular formula is C31H38F2N4O2. The predicted octanol–water partition coefficient (Wildman–Crippen LogP) is 5.70. The molecule has 6 rings (SSSR count). The number of hydrogen-bond acceptors (Lipinski definition) is 4. The summed E-state index contributed by atoms with van der Waals surface area (Å²) in [5.41, 5.74) is 2.43. The summed E-state index contributed by atoms with van der Waals surface area (Å²) in [4.78, 5) is 21.6. The molecule has 2 saturated heterocycles. The maximum Gasteiger partial charge on any atom is 0.321 e. The van der Waals surface area contributed by atoms with Crippen LogP contribution in [0.4, 0.5) is 8.78 Å². The minimum absolute atomic E-state index is 0.198. The zero-order valence-corrected chi connectivity index (χ0v) is 22.4. The van der Waals surface area contributed by atoms with Crippen LogP contribution in [0.5, 0.6) is 0 Å². The van der Waals surface area contributed by atoms with Crippen LogP contribution in [0.2, 0.25) is 0 Å². The van der Waals surface area contributed by atoms with E-state index in [2.05, 4.69) is 39.0 Å². The van der Waals surface area contributed by atoms with Gasteiger partial charge < -0.3 is 14.6 Å². The Kier molecular flexibility index (Phi) is 7.67. The van der Waals surface area contributed by atoms with Gasteiger partial charge in [-0.15, -0.1) is 0 Å². The Morgan fingerprint density at radius 3 is 2.41 bits per heavy atom. The third-order valence-corrected chi connectivity index (χ3v) is 9.50. The minimum atomic E-state index is -0.866. The van der Waals surface area contributed by atoms with E-state index >= 15 is 0 Å². The van der Waals surface area contributed by atoms with Crippen molar-refractivity contribution in [1.29, 1.82) is 0 Å². The molecule has 3 fully saturated rings. The summed E-state index contributed by atoms with van der Waals surface area (Å²) >= 11 is 0. The van der Waals surface area contributed by atoms with Crippen LogP contribution in [0, 0.1) is 23.5 Å². The second-order valence-corrected chi connectivity index (χ2v) is 11.9. The first-order valence-electron chi connectivity index (χ1n) is 14.5. The molecule has 2 aliphatic heterocycles. The van der Waals surface area contributed by atoms with E-state index in [0.717, 1.165) is 71.2 Å². The van der Waals surface area contributed by atoms with Gasteiger partial charge in [0, 0.05) is 56.8 Å². The summed E-state index contributed by atoms with van der Waals surface area (Å²) in [6.07, 6.45) is 9.05. The first-order valence-corrected chi connectivity index (χ1v) is 14.5. The maximum atomic E-state index is 13.9. The quantitative estimate of drug-likeness (QED) is 0.420. The average Bonchev–Trinajstić information content (AvgIpc) is 3.54. The molecule has 1 aliphatic carbocycles. The standard InChI is InChI=1S/C31H38F2N4O2/c32-26-15-28-29(16-27(26)33)37(20-34-28)24-11-13-35(14-12-24)17-23-18-36(19-25(23)21-7-3-1-4-8-21)30(31(38)39)22-9-5-2-6-10-22/h1,3-4,7-8,15-16,20,22-25,30H,2,5-6,9-14,17-19H2,(H,38,39). The zero-order valence-electron chi connectivity index (χ0n) is 22.4. The van der Waals surface area contributed by atoms with Crippen LogP contribution in [-0.4, -0.2) is 69.2 Å². The van der Waals surface area contributed by atoms with Crippen LogP contribution in [0.25, 0.3) is 11.0 Å². The van der Waals surface area contributed by atoms with Gasteiger partial charge in [-0.1, -0.05) is 49.6 Å². The molecule has 39 heavy (non-hydrogen) atoms. The van der Waals surface area contributed by atoms with Crippen LogP contribution in [0.15, 0.2) is 48.8 Å². The van der Waals surface area contributed by atoms with Gasteiger partial charge in [-0.05, 0) is 43.1 Å². The Labute approximate surface area is 228 Å². The lowest BCUT2D eigenvalue weighted by atomic mass is 9.83. The molecule has 1 N–H and O–H groups in total. The van der Waals surface area contributed by atoms with Gasteiger partial charge in [0.15, 0.2) is 11.6 Å². The van der Waals surface area contributed by atoms with Crippen molar-refractivity contribution in [2.75, 3.05) is 32.7 Å². The summed E-state index contributed by atoms with van der Waals surface area (Å²) < 4.78 is 29.6. The van der Waals surface area contributed by atoms with E-state index in [1.54, 1.807) is 6.33 Å². The van der Waals surface area contributed by atoms with Crippen molar-refractivity contribution in [3.05, 3.63) is 66.0 Å². The molecule has 0 bridgehead atoms. The third kappa shape index (κ3) is 5.46. The van der Waals surface area contributed by atoms with E-state index in [-0.39, 0.29) is 12.0 Å². The lowest BCUT2D eigenvalue weighted by Crippen LogP contribution is -2.46. The number of imidazole rings is 1. The fourth-order valence-electron chi connectivity index (χ4n) is 7.53. The Hall–Kier alpha value is -2.84. The highest BCUT2D eigenvalue weighted by Gasteiger charge is 2.43. The van der Waals surface area contributed by atoms with Gasteiger partial charge in [0.25, 0.3) is 0 Å². The molecule has 2 aromatic carbocycles. The van der Waals surface area contributed by atoms with Crippen LogP contribution < -0.4 is 0 Å². The van der Waals surface area contributed by atoms with Gasteiger partial charge in [0.05, 0.1) is 17.4 Å². The Morgan fingerprint density at radius 2 is 1.69 bits per heavy atom. The van der Waals surface area contributed by atoms with Gasteiger partial charge >= 0.3 is 5.97 Å². The topological polar surface area (TPSA) is 61.6 Å². The number of carboxylic acids is 1. The SMILES string of the molecule is O=C(O)C(C1CCCCC1)N1CC(CN2CCC(n3cnc4cc(F)c(F)cc43)CC2)C(c2ccccc2)C1. The fourth-order valence-corrected chi connectivity index (χ4v) is 7.53. The molecule has 6 nitrogen and oxygen atoms in total. The van der Waals surface area contributed by atoms with Crippen molar-refractivity contribution in [3.8, 4) is 0 Å². The van der Waals surface area contributed by atoms with Gasteiger partial charge in [-0.2, -0.15) is 0 Å². The highest BCUT2D eigenvalue weighted by molar-refractivity contribution is 5.75. The number of likely N-dealkylation sites (tertiary alicyclic amines) is 2. The predicted molar refractivity (Wildman–Crippen MR) is 147 cm³/mol. The lowest BCUT2D eigenvalue weighted by Gasteiger charge is -2.36. The smallest absolute Gasteiger partial charge is 0.321 e. The molecule has 3 aromatic rings. The summed E-state index contributed by atoms with van der Waals surface area (Å²) in [7, 11) is 0. The Bertz CT molecular complexity index is 1280. The molecule has 1 saturated carbocycles. The number of halogens is 2. The fraction of sp³-hybridized carbons (Fsp3) is 0.548. The van der Waals surface area contributed by atoms with Crippen molar-refractivity contribution in [2.24, 2.45) is 11.8 Å². The van der Waals surface area contributed by atoms with E-state index in [4.69, 9.17) is 0 Å². The highest BCUT2D eigenvalue weighted by atomic mass is 19.2. The molecule has 1 aromatic heterocycles. The number of hydrogen-bond donors (Lipinski definition) is 1. The molecule has 3 atom stereocenters. The first kappa shape index (κ1) is 26.4. The molecule has 208 valence electrons. The molecule has 3 aliphatic rings. The van der Waals surface area contributed by atoms with Crippen LogP contribution in [0.1, 0.15) is 62.5 Å². The molecule has 0 radical (unpaired) electrons. The van der Waals surface area contributed by atoms with E-state index in [1.807, 2.05) is 10.6 Å². The average molecular weight is 537 g/mol. The maximum absolute atomic E-state index is 13.9. The molecule has 3 heterocycles. The normalized spacial score (nSPS) is 24.9. The number of aliphatic carboxylic acids is 1. The van der Waals surface area contributed by atoms with Crippen molar-refractivity contribution < 1.29 is 18.7 Å². The number of fused-ring (bicyclic) bond motifs is 1. The Morgan fingerprint density at radius 1 is 0.974 bits per heavy atom. The summed E-state index contributed by atoms with van der Waals surface area (Å²) in [5, 5.41) is 10.3. The number of carbonyl (C=O) groups is 1. The second kappa shape index (κ2) is 11.3. The molecule has 8 heteroatoms. The summed E-state index contributed by atoms with van der Waals surface area (Å²) in [6, 6.07) is 12.8. The van der Waals surface area contributed by atoms with Crippen LogP contribution >= 0.6 is 0 Å². The van der Waals surface area contributed by atoms with E-state index in [9.17, 15) is 18.7 Å². The minimum Gasteiger partial charge on any atom is -0.480 e. The molecule has 0 spiro atoms. The lowest BCUT2D eigenvalue weighted by molar-refractivity contribution is -0.145. The van der Waals surface area contributed by atoms with E-state index in [1.165, 1.54) is 24.1 Å². The number of benzene rings is 2. The third-order valence-electron chi connectivity index (χ3n) is 9.50. The van der Waals surface area contributed by atoms with Crippen molar-refractivity contribution in [3.63, 3.8) is 0 Å². The number of aromatic nitrogens is 2. The largest absolute Gasteiger partial charge is 0.480 e. The van der Waals surface area contributed by atoms with Crippen LogP contribution in [0.3, 0.4) is 0 Å². The first-order chi connectivity index (χ1) is 19.0. The molecule has 3 unspecified atom stereocenters. The van der Waals surface area contributed by atoms with Crippen LogP contribution in [-0.2, 0) is 4.79 Å². The summed E-state index contributed by atoms with van der Waals surface area (Å²) in [5.74, 6) is -1.46. The molecule has 0 amide bonds. The van der Waals surface area contributed by atoms with E-state index < -0.39 is 23.6 Å². The second-order valence-electron chi connectivity index (χ2n) is 11.9. The zero-order chi connectivity index (χ0) is 26.9. The number of carboxylic acid groups (broad SMARTS) is 1. The summed E-state index contributed by atoms with van der Waals surface area (Å²) in [6.45, 7) is 4.37. The van der Waals surface area contributed by atoms with E-state index in [0.29, 0.717) is 22.9 Å².